The number of carboxylic acids is 1. The number of benzene rings is 2. The summed E-state index contributed by atoms with van der Waals surface area (Å²) >= 11 is 1.15. The molecule has 1 N–H and O–H groups in total. The van der Waals surface area contributed by atoms with Gasteiger partial charge in [-0.25, -0.2) is 22.2 Å². The molecule has 2 aliphatic heterocycles. The van der Waals surface area contributed by atoms with Crippen LogP contribution in [0.25, 0.3) is 11.3 Å². The van der Waals surface area contributed by atoms with Crippen LogP contribution in [-0.4, -0.2) is 111 Å². The van der Waals surface area contributed by atoms with E-state index in [1.165, 1.54) is 29.1 Å². The number of fused-ring (bicyclic) bond motifs is 1. The fraction of sp³-hybridized carbons (Fsp3) is 0.528. The van der Waals surface area contributed by atoms with E-state index in [2.05, 4.69) is 14.8 Å². The first-order chi connectivity index (χ1) is 24.3. The second-order valence-electron chi connectivity index (χ2n) is 14.1. The van der Waals surface area contributed by atoms with Crippen molar-refractivity contribution in [2.24, 2.45) is 5.41 Å². The van der Waals surface area contributed by atoms with Gasteiger partial charge in [0.1, 0.15) is 10.6 Å². The molecule has 2 aromatic carbocycles. The molecule has 11 nitrogen and oxygen atoms in total. The van der Waals surface area contributed by atoms with Gasteiger partial charge in [0.15, 0.2) is 16.8 Å². The van der Waals surface area contributed by atoms with Crippen molar-refractivity contribution in [2.45, 2.75) is 62.3 Å². The fourth-order valence-corrected chi connectivity index (χ4v) is 10.0. The van der Waals surface area contributed by atoms with E-state index in [0.717, 1.165) is 49.5 Å². The Balaban J connectivity index is 1.25. The molecule has 3 aliphatic rings. The number of carbonyl (C=O) groups is 2. The number of sulfonamides is 1. The van der Waals surface area contributed by atoms with Gasteiger partial charge in [0.25, 0.3) is 0 Å². The lowest BCUT2D eigenvalue weighted by Crippen LogP contribution is -2.44. The lowest BCUT2D eigenvalue weighted by molar-refractivity contribution is -0.144. The number of hydrogen-bond donors (Lipinski definition) is 1. The lowest BCUT2D eigenvalue weighted by atomic mass is 9.80. The number of piperidine rings is 1. The summed E-state index contributed by atoms with van der Waals surface area (Å²) in [5.41, 5.74) is 0.293. The highest BCUT2D eigenvalue weighted by Gasteiger charge is 2.48. The molecule has 1 amide bonds. The van der Waals surface area contributed by atoms with Crippen LogP contribution < -0.4 is 9.64 Å². The molecule has 0 atom stereocenters. The minimum atomic E-state index is -3.93. The molecule has 2 fully saturated rings. The topological polar surface area (TPSA) is 124 Å². The van der Waals surface area contributed by atoms with Crippen LogP contribution in [0, 0.1) is 17.0 Å². The number of halogens is 2. The third kappa shape index (κ3) is 7.97. The Kier molecular flexibility index (Phi) is 11.1. The monoisotopic (exact) mass is 745 g/mol. The highest BCUT2D eigenvalue weighted by Crippen LogP contribution is 2.43. The van der Waals surface area contributed by atoms with Crippen LogP contribution >= 0.6 is 11.3 Å². The van der Waals surface area contributed by atoms with Crippen molar-refractivity contribution in [2.75, 3.05) is 65.4 Å². The summed E-state index contributed by atoms with van der Waals surface area (Å²) in [4.78, 5) is 36.5. The second kappa shape index (κ2) is 15.2. The third-order valence-corrected chi connectivity index (χ3v) is 13.3. The molecule has 15 heteroatoms. The number of nitrogens with zero attached hydrogens (tertiary/aromatic N) is 5. The van der Waals surface area contributed by atoms with Crippen molar-refractivity contribution >= 4 is 38.4 Å². The van der Waals surface area contributed by atoms with Gasteiger partial charge in [-0.15, -0.1) is 11.3 Å². The van der Waals surface area contributed by atoms with Crippen molar-refractivity contribution < 1.29 is 36.6 Å². The standard InChI is InChI=1S/C36H45F2N5O6S2/c1-40(2)27-9-14-43(15-10-27)51(47,48)32-19-24(7-8-31(32)49-16-6-13-42-11-4-5-12-42)30-23-50-35(39-30)41(3)34(46)36(22-33(44)45)20-25-17-28(37)29(38)18-26(25)21-36/h7-8,17-19,23,27H,4-6,9-16,20-22H2,1-3H3,(H,44,45). The normalized spacial score (nSPS) is 18.3. The molecule has 3 heterocycles. The summed E-state index contributed by atoms with van der Waals surface area (Å²) in [5.74, 6) is -3.57. The number of thiazole rings is 1. The summed E-state index contributed by atoms with van der Waals surface area (Å²) in [6.07, 6.45) is 3.94. The zero-order chi connectivity index (χ0) is 36.5. The van der Waals surface area contributed by atoms with Crippen molar-refractivity contribution in [1.82, 2.24) is 19.1 Å². The van der Waals surface area contributed by atoms with Crippen molar-refractivity contribution in [3.8, 4) is 17.0 Å². The number of hydrogen-bond acceptors (Lipinski definition) is 9. The minimum Gasteiger partial charge on any atom is -0.492 e. The van der Waals surface area contributed by atoms with Gasteiger partial charge in [0.05, 0.1) is 24.1 Å². The molecule has 51 heavy (non-hydrogen) atoms. The zero-order valence-corrected chi connectivity index (χ0v) is 30.9. The summed E-state index contributed by atoms with van der Waals surface area (Å²) < 4.78 is 64.1. The molecule has 2 saturated heterocycles. The van der Waals surface area contributed by atoms with E-state index < -0.39 is 45.4 Å². The Morgan fingerprint density at radius 3 is 2.27 bits per heavy atom. The number of carboxylic acid groups (broad SMARTS) is 1. The molecule has 0 spiro atoms. The smallest absolute Gasteiger partial charge is 0.304 e. The number of anilines is 1. The molecule has 0 radical (unpaired) electrons. The molecule has 0 bridgehead atoms. The van der Waals surface area contributed by atoms with Gasteiger partial charge in [-0.1, -0.05) is 0 Å². The summed E-state index contributed by atoms with van der Waals surface area (Å²) in [7, 11) is 1.56. The van der Waals surface area contributed by atoms with Crippen LogP contribution in [0.15, 0.2) is 40.6 Å². The predicted octanol–water partition coefficient (Wildman–Crippen LogP) is 4.89. The number of amides is 1. The lowest BCUT2D eigenvalue weighted by Gasteiger charge is -2.34. The first-order valence-electron chi connectivity index (χ1n) is 17.4. The van der Waals surface area contributed by atoms with Crippen LogP contribution in [0.1, 0.15) is 49.7 Å². The fourth-order valence-electron chi connectivity index (χ4n) is 7.59. The summed E-state index contributed by atoms with van der Waals surface area (Å²) in [6.45, 7) is 4.18. The Bertz CT molecular complexity index is 1840. The van der Waals surface area contributed by atoms with Gasteiger partial charge in [-0.3, -0.25) is 14.5 Å². The maximum absolute atomic E-state index is 14.2. The molecule has 1 aliphatic carbocycles. The van der Waals surface area contributed by atoms with E-state index >= 15 is 0 Å². The predicted molar refractivity (Wildman–Crippen MR) is 191 cm³/mol. The van der Waals surface area contributed by atoms with Gasteiger partial charge >= 0.3 is 5.97 Å². The van der Waals surface area contributed by atoms with E-state index in [9.17, 15) is 31.9 Å². The maximum atomic E-state index is 14.2. The van der Waals surface area contributed by atoms with Gasteiger partial charge in [0.2, 0.25) is 15.9 Å². The quantitative estimate of drug-likeness (QED) is 0.244. The van der Waals surface area contributed by atoms with Crippen molar-refractivity contribution in [3.63, 3.8) is 0 Å². The molecular formula is C36H45F2N5O6S2. The highest BCUT2D eigenvalue weighted by molar-refractivity contribution is 7.89. The number of carbonyl (C=O) groups excluding carboxylic acids is 1. The van der Waals surface area contributed by atoms with Crippen LogP contribution in [0.3, 0.4) is 0 Å². The summed E-state index contributed by atoms with van der Waals surface area (Å²) in [5, 5.41) is 11.7. The van der Waals surface area contributed by atoms with Gasteiger partial charge in [-0.05, 0) is 114 Å². The van der Waals surface area contributed by atoms with E-state index in [1.54, 1.807) is 23.6 Å². The molecule has 3 aromatic rings. The van der Waals surface area contributed by atoms with E-state index in [4.69, 9.17) is 4.74 Å². The number of rotatable bonds is 13. The number of aliphatic carboxylic acids is 1. The van der Waals surface area contributed by atoms with Crippen LogP contribution in [-0.2, 0) is 32.5 Å². The molecule has 0 unspecified atom stereocenters. The van der Waals surface area contributed by atoms with Gasteiger partial charge < -0.3 is 19.6 Å². The van der Waals surface area contributed by atoms with Gasteiger partial charge in [0, 0.05) is 43.7 Å². The average Bonchev–Trinajstić information content (AvgIpc) is 3.87. The van der Waals surface area contributed by atoms with Crippen LogP contribution in [0.4, 0.5) is 13.9 Å². The molecular weight excluding hydrogens is 701 g/mol. The Morgan fingerprint density at radius 1 is 1.02 bits per heavy atom. The first-order valence-corrected chi connectivity index (χ1v) is 19.7. The Hall–Kier alpha value is -3.50. The maximum Gasteiger partial charge on any atom is 0.304 e. The summed E-state index contributed by atoms with van der Waals surface area (Å²) in [6, 6.07) is 7.34. The van der Waals surface area contributed by atoms with Crippen molar-refractivity contribution in [3.05, 3.63) is 58.5 Å². The average molecular weight is 746 g/mol. The Labute approximate surface area is 301 Å². The second-order valence-corrected chi connectivity index (χ2v) is 16.9. The van der Waals surface area contributed by atoms with Crippen LogP contribution in [0.2, 0.25) is 0 Å². The number of ether oxygens (including phenoxy) is 1. The van der Waals surface area contributed by atoms with E-state index in [-0.39, 0.29) is 28.6 Å². The van der Waals surface area contributed by atoms with Gasteiger partial charge in [-0.2, -0.15) is 4.31 Å². The van der Waals surface area contributed by atoms with Crippen molar-refractivity contribution in [1.29, 1.82) is 0 Å². The van der Waals surface area contributed by atoms with Crippen LogP contribution in [0.5, 0.6) is 5.75 Å². The first kappa shape index (κ1) is 37.3. The third-order valence-electron chi connectivity index (χ3n) is 10.4. The number of likely N-dealkylation sites (tertiary alicyclic amines) is 1. The molecule has 6 rings (SSSR count). The molecule has 1 aromatic heterocycles. The zero-order valence-electron chi connectivity index (χ0n) is 29.2. The Morgan fingerprint density at radius 2 is 1.67 bits per heavy atom. The molecule has 0 saturated carbocycles. The minimum absolute atomic E-state index is 0.0558. The van der Waals surface area contributed by atoms with E-state index in [0.29, 0.717) is 61.0 Å². The number of aromatic nitrogens is 1. The largest absolute Gasteiger partial charge is 0.492 e. The highest BCUT2D eigenvalue weighted by atomic mass is 32.2. The van der Waals surface area contributed by atoms with E-state index in [1.807, 2.05) is 14.1 Å². The molecule has 276 valence electrons. The SMILES string of the molecule is CN(C(=O)C1(CC(=O)O)Cc2cc(F)c(F)cc2C1)c1nc(-c2ccc(OCCCN3CCCC3)c(S(=O)(=O)N3CCC(N(C)C)CC3)c2)cs1.